The fourth-order valence-corrected chi connectivity index (χ4v) is 5.18. The van der Waals surface area contributed by atoms with Gasteiger partial charge in [-0.2, -0.15) is 0 Å². The Morgan fingerprint density at radius 3 is 2.53 bits per heavy atom. The molecular weight excluding hydrogens is 398 g/mol. The van der Waals surface area contributed by atoms with Gasteiger partial charge in [-0.05, 0) is 68.9 Å². The van der Waals surface area contributed by atoms with Crippen molar-refractivity contribution in [2.24, 2.45) is 5.92 Å². The van der Waals surface area contributed by atoms with Gasteiger partial charge in [-0.15, -0.1) is 0 Å². The first kappa shape index (κ1) is 20.7. The summed E-state index contributed by atoms with van der Waals surface area (Å²) < 4.78 is 25.4. The summed E-state index contributed by atoms with van der Waals surface area (Å²) in [5.74, 6) is 0.805. The Bertz CT molecular complexity index is 1180. The Kier molecular flexibility index (Phi) is 5.49. The van der Waals surface area contributed by atoms with Gasteiger partial charge in [-0.3, -0.25) is 0 Å². The Morgan fingerprint density at radius 2 is 1.87 bits per heavy atom. The van der Waals surface area contributed by atoms with E-state index < -0.39 is 9.84 Å². The lowest BCUT2D eigenvalue weighted by atomic mass is 9.84. The summed E-state index contributed by atoms with van der Waals surface area (Å²) >= 11 is 0. The summed E-state index contributed by atoms with van der Waals surface area (Å²) in [6.07, 6.45) is 8.84. The number of benzene rings is 1. The monoisotopic (exact) mass is 427 g/mol. The van der Waals surface area contributed by atoms with Crippen molar-refractivity contribution in [2.75, 3.05) is 11.6 Å². The molecule has 2 N–H and O–H groups in total. The molecule has 0 spiro atoms. The molecule has 2 heterocycles. The van der Waals surface area contributed by atoms with E-state index in [2.05, 4.69) is 17.2 Å². The molecule has 4 rings (SSSR count). The van der Waals surface area contributed by atoms with Gasteiger partial charge < -0.3 is 10.5 Å². The van der Waals surface area contributed by atoms with Gasteiger partial charge in [0.05, 0.1) is 16.5 Å². The molecule has 0 bridgehead atoms. The van der Waals surface area contributed by atoms with Crippen LogP contribution in [0.15, 0.2) is 41.4 Å². The highest BCUT2D eigenvalue weighted by atomic mass is 32.2. The third kappa shape index (κ3) is 3.90. The number of sulfone groups is 1. The Morgan fingerprint density at radius 1 is 1.13 bits per heavy atom. The quantitative estimate of drug-likeness (QED) is 0.461. The van der Waals surface area contributed by atoms with E-state index in [-0.39, 0.29) is 4.90 Å². The Hall–Kier alpha value is -2.54. The largest absolute Gasteiger partial charge is 0.710 e. The third-order valence-electron chi connectivity index (χ3n) is 6.39. The number of aromatic nitrogens is 2. The predicted molar refractivity (Wildman–Crippen MR) is 120 cm³/mol. The van der Waals surface area contributed by atoms with E-state index in [0.29, 0.717) is 17.4 Å². The van der Waals surface area contributed by atoms with E-state index in [1.807, 2.05) is 18.2 Å². The van der Waals surface area contributed by atoms with Gasteiger partial charge in [0.1, 0.15) is 5.69 Å². The Labute approximate surface area is 177 Å². The van der Waals surface area contributed by atoms with Gasteiger partial charge in [0.25, 0.3) is 5.65 Å². The van der Waals surface area contributed by atoms with Crippen LogP contribution in [-0.2, 0) is 9.84 Å². The molecule has 7 heteroatoms. The summed E-state index contributed by atoms with van der Waals surface area (Å²) in [6, 6.07) is 9.32. The number of rotatable bonds is 5. The van der Waals surface area contributed by atoms with Crippen LogP contribution in [0.4, 0.5) is 5.69 Å². The Balaban J connectivity index is 1.81. The molecule has 6 nitrogen and oxygen atoms in total. The topological polar surface area (TPSA) is 88.9 Å². The lowest BCUT2D eigenvalue weighted by Gasteiger charge is -2.30. The molecule has 1 aromatic carbocycles. The summed E-state index contributed by atoms with van der Waals surface area (Å²) in [5.41, 5.74) is 3.60. The number of aromatic amines is 1. The fourth-order valence-electron chi connectivity index (χ4n) is 4.53. The smallest absolute Gasteiger partial charge is 0.290 e. The molecule has 160 valence electrons. The number of hydrogen-bond donors (Lipinski definition) is 2. The number of nitrogens with one attached hydrogen (secondary N) is 2. The van der Waals surface area contributed by atoms with Gasteiger partial charge in [0.2, 0.25) is 0 Å². The zero-order chi connectivity index (χ0) is 21.5. The molecule has 0 aliphatic heterocycles. The van der Waals surface area contributed by atoms with Crippen LogP contribution in [0.3, 0.4) is 0 Å². The van der Waals surface area contributed by atoms with E-state index in [1.54, 1.807) is 25.3 Å². The molecule has 1 saturated carbocycles. The molecule has 0 unspecified atom stereocenters. The van der Waals surface area contributed by atoms with E-state index in [9.17, 15) is 13.6 Å². The summed E-state index contributed by atoms with van der Waals surface area (Å²) in [6.45, 7) is 4.01. The first-order chi connectivity index (χ1) is 14.3. The standard InChI is InChI=1S/C23H29N3O3S/c1-4-16-5-7-17(8-6-16)25-22-10-9-18(30(3,28)29)14-21(22)20-13-15(2)26(27)23-19(20)11-12-24-23/h9-14,16-17,24-25H,4-8H2,1-3H3/t16-,17+. The summed E-state index contributed by atoms with van der Waals surface area (Å²) in [4.78, 5) is 3.28. The van der Waals surface area contributed by atoms with E-state index >= 15 is 0 Å². The second-order valence-electron chi connectivity index (χ2n) is 8.48. The minimum atomic E-state index is -3.35. The second-order valence-corrected chi connectivity index (χ2v) is 10.5. The molecule has 0 atom stereocenters. The van der Waals surface area contributed by atoms with Crippen LogP contribution in [0.1, 0.15) is 44.7 Å². The summed E-state index contributed by atoms with van der Waals surface area (Å²) in [7, 11) is -3.35. The first-order valence-corrected chi connectivity index (χ1v) is 12.5. The van der Waals surface area contributed by atoms with Crippen LogP contribution in [0.25, 0.3) is 22.2 Å². The number of aryl methyl sites for hydroxylation is 1. The molecule has 2 aromatic heterocycles. The summed E-state index contributed by atoms with van der Waals surface area (Å²) in [5, 5.41) is 16.9. The van der Waals surface area contributed by atoms with Crippen molar-refractivity contribution in [2.45, 2.75) is 56.9 Å². The van der Waals surface area contributed by atoms with Crippen LogP contribution in [0.5, 0.6) is 0 Å². The van der Waals surface area contributed by atoms with Crippen molar-refractivity contribution in [3.8, 4) is 11.1 Å². The molecular formula is C23H29N3O3S. The molecule has 30 heavy (non-hydrogen) atoms. The highest BCUT2D eigenvalue weighted by Gasteiger charge is 2.23. The number of nitrogens with zero attached hydrogens (tertiary/aromatic N) is 1. The van der Waals surface area contributed by atoms with Crippen LogP contribution in [0, 0.1) is 18.0 Å². The van der Waals surface area contributed by atoms with Gasteiger partial charge in [0.15, 0.2) is 9.84 Å². The third-order valence-corrected chi connectivity index (χ3v) is 7.50. The average Bonchev–Trinajstić information content (AvgIpc) is 3.21. The van der Waals surface area contributed by atoms with Crippen LogP contribution in [-0.4, -0.2) is 25.7 Å². The second kappa shape index (κ2) is 7.95. The van der Waals surface area contributed by atoms with Crippen molar-refractivity contribution in [3.05, 3.63) is 47.4 Å². The zero-order valence-corrected chi connectivity index (χ0v) is 18.6. The number of H-pyrrole nitrogens is 1. The highest BCUT2D eigenvalue weighted by Crippen LogP contribution is 2.37. The number of hydrogen-bond acceptors (Lipinski definition) is 4. The minimum absolute atomic E-state index is 0.276. The van der Waals surface area contributed by atoms with Crippen molar-refractivity contribution in [3.63, 3.8) is 0 Å². The van der Waals surface area contributed by atoms with Crippen molar-refractivity contribution < 1.29 is 13.1 Å². The molecule has 0 radical (unpaired) electrons. The van der Waals surface area contributed by atoms with Gasteiger partial charge in [0, 0.05) is 29.1 Å². The number of anilines is 1. The lowest BCUT2D eigenvalue weighted by molar-refractivity contribution is -0.586. The maximum atomic E-state index is 12.4. The van der Waals surface area contributed by atoms with Crippen molar-refractivity contribution >= 4 is 26.6 Å². The van der Waals surface area contributed by atoms with E-state index in [0.717, 1.165) is 45.7 Å². The number of pyridine rings is 1. The van der Waals surface area contributed by atoms with Crippen LogP contribution >= 0.6 is 0 Å². The SMILES string of the molecule is CC[C@H]1CC[C@@H](Nc2ccc(S(C)(=O)=O)cc2-c2cc(C)[n+]([O-])c3[nH]ccc23)CC1. The predicted octanol–water partition coefficient (Wildman–Crippen LogP) is 4.56. The van der Waals surface area contributed by atoms with E-state index in [4.69, 9.17) is 0 Å². The normalized spacial score (nSPS) is 19.8. The lowest BCUT2D eigenvalue weighted by Crippen LogP contribution is -2.31. The maximum Gasteiger partial charge on any atom is 0.290 e. The molecule has 1 aliphatic rings. The minimum Gasteiger partial charge on any atom is -0.710 e. The van der Waals surface area contributed by atoms with Crippen LogP contribution in [0.2, 0.25) is 0 Å². The molecule has 3 aromatic rings. The van der Waals surface area contributed by atoms with Gasteiger partial charge in [-0.1, -0.05) is 13.3 Å². The average molecular weight is 428 g/mol. The van der Waals surface area contributed by atoms with Gasteiger partial charge >= 0.3 is 0 Å². The number of fused-ring (bicyclic) bond motifs is 1. The molecule has 1 fully saturated rings. The zero-order valence-electron chi connectivity index (χ0n) is 17.7. The maximum absolute atomic E-state index is 12.4. The van der Waals surface area contributed by atoms with Gasteiger partial charge in [-0.25, -0.2) is 18.1 Å². The molecule has 0 saturated heterocycles. The fraction of sp³-hybridized carbons (Fsp3) is 0.435. The first-order valence-electron chi connectivity index (χ1n) is 10.6. The molecule has 1 aliphatic carbocycles. The van der Waals surface area contributed by atoms with Crippen molar-refractivity contribution in [1.82, 2.24) is 4.98 Å². The van der Waals surface area contributed by atoms with E-state index in [1.165, 1.54) is 25.5 Å². The van der Waals surface area contributed by atoms with Crippen molar-refractivity contribution in [1.29, 1.82) is 0 Å². The highest BCUT2D eigenvalue weighted by molar-refractivity contribution is 7.90. The van der Waals surface area contributed by atoms with Crippen LogP contribution < -0.4 is 10.0 Å². The molecule has 0 amide bonds.